The van der Waals surface area contributed by atoms with E-state index in [-0.39, 0.29) is 10.8 Å². The zero-order valence-electron chi connectivity index (χ0n) is 30.8. The van der Waals surface area contributed by atoms with Crippen LogP contribution in [0.5, 0.6) is 0 Å². The molecule has 0 unspecified atom stereocenters. The molecule has 0 fully saturated rings. The molecule has 0 aliphatic carbocycles. The summed E-state index contributed by atoms with van der Waals surface area (Å²) in [5.74, 6) is 0. The average Bonchev–Trinajstić information content (AvgIpc) is 3.65. The van der Waals surface area contributed by atoms with E-state index in [4.69, 9.17) is 9.97 Å². The Bertz CT molecular complexity index is 2580. The molecule has 0 atom stereocenters. The second kappa shape index (κ2) is 11.9. The molecule has 5 aromatic carbocycles. The van der Waals surface area contributed by atoms with Crippen LogP contribution in [0.3, 0.4) is 0 Å². The molecule has 8 aromatic rings. The van der Waals surface area contributed by atoms with Crippen LogP contribution in [0.2, 0.25) is 0 Å². The van der Waals surface area contributed by atoms with Gasteiger partial charge >= 0.3 is 311 Å². The molecular weight excluding hydrogens is 691 g/mol. The second-order valence-electron chi connectivity index (χ2n) is 16.3. The van der Waals surface area contributed by atoms with Crippen LogP contribution in [0.1, 0.15) is 52.7 Å². The van der Waals surface area contributed by atoms with E-state index < -0.39 is 13.3 Å². The predicted octanol–water partition coefficient (Wildman–Crippen LogP) is 9.19. The molecule has 1 aliphatic rings. The summed E-state index contributed by atoms with van der Waals surface area (Å²) in [6, 6.07) is 52.3. The molecule has 3 nitrogen and oxygen atoms in total. The maximum absolute atomic E-state index is 5.26. The molecule has 3 aromatic heterocycles. The van der Waals surface area contributed by atoms with E-state index in [2.05, 4.69) is 180 Å². The third kappa shape index (κ3) is 5.01. The Morgan fingerprint density at radius 3 is 1.77 bits per heavy atom. The van der Waals surface area contributed by atoms with Crippen molar-refractivity contribution < 1.29 is 0 Å². The molecule has 9 rings (SSSR count). The first-order chi connectivity index (χ1) is 25.0. The Kier molecular flexibility index (Phi) is 7.47. The minimum atomic E-state index is -3.65. The Labute approximate surface area is 309 Å². The van der Waals surface area contributed by atoms with Crippen molar-refractivity contribution in [2.45, 2.75) is 52.4 Å². The molecule has 0 amide bonds. The Morgan fingerprint density at radius 1 is 0.500 bits per heavy atom. The van der Waals surface area contributed by atoms with Gasteiger partial charge in [-0.25, -0.2) is 0 Å². The van der Waals surface area contributed by atoms with Crippen LogP contribution in [-0.4, -0.2) is 27.8 Å². The van der Waals surface area contributed by atoms with Crippen molar-refractivity contribution >= 4 is 52.8 Å². The zero-order chi connectivity index (χ0) is 35.8. The first-order valence-corrected chi connectivity index (χ1v) is 22.5. The Hall–Kier alpha value is -5.26. The number of rotatable bonds is 4. The third-order valence-electron chi connectivity index (χ3n) is 11.1. The van der Waals surface area contributed by atoms with E-state index in [1.165, 1.54) is 61.8 Å². The van der Waals surface area contributed by atoms with Gasteiger partial charge in [0.2, 0.25) is 0 Å². The van der Waals surface area contributed by atoms with Crippen molar-refractivity contribution in [3.8, 4) is 28.1 Å². The molecule has 0 saturated heterocycles. The van der Waals surface area contributed by atoms with Crippen LogP contribution >= 0.6 is 0 Å². The van der Waals surface area contributed by atoms with Crippen molar-refractivity contribution in [2.24, 2.45) is 0 Å². The van der Waals surface area contributed by atoms with E-state index in [9.17, 15) is 0 Å². The number of para-hydroxylation sites is 1. The summed E-state index contributed by atoms with van der Waals surface area (Å²) in [4.78, 5) is 9.95. The van der Waals surface area contributed by atoms with Gasteiger partial charge in [0.05, 0.1) is 0 Å². The van der Waals surface area contributed by atoms with Gasteiger partial charge in [0.25, 0.3) is 0 Å². The second-order valence-corrected chi connectivity index (χ2v) is 24.0. The van der Waals surface area contributed by atoms with E-state index in [1.807, 2.05) is 18.5 Å². The van der Waals surface area contributed by atoms with Crippen LogP contribution in [0.15, 0.2) is 152 Å². The molecular formula is C48H43GeN3. The third-order valence-corrected chi connectivity index (χ3v) is 21.0. The average molecular weight is 735 g/mol. The summed E-state index contributed by atoms with van der Waals surface area (Å²) in [5, 5.41) is 2.49. The van der Waals surface area contributed by atoms with E-state index in [0.717, 1.165) is 16.9 Å². The van der Waals surface area contributed by atoms with Gasteiger partial charge in [-0.1, -0.05) is 0 Å². The fourth-order valence-corrected chi connectivity index (χ4v) is 18.8. The molecule has 0 N–H and O–H groups in total. The van der Waals surface area contributed by atoms with Gasteiger partial charge in [0.1, 0.15) is 0 Å². The van der Waals surface area contributed by atoms with Crippen LogP contribution in [-0.2, 0) is 10.8 Å². The zero-order valence-corrected chi connectivity index (χ0v) is 32.9. The van der Waals surface area contributed by atoms with Gasteiger partial charge in [0.15, 0.2) is 0 Å². The predicted molar refractivity (Wildman–Crippen MR) is 222 cm³/mol. The van der Waals surface area contributed by atoms with Crippen LogP contribution in [0.25, 0.3) is 49.9 Å². The quantitative estimate of drug-likeness (QED) is 0.169. The molecule has 0 radical (unpaired) electrons. The monoisotopic (exact) mass is 735 g/mol. The molecule has 4 heteroatoms. The SMILES string of the molecule is CC(C)(C)c1cc[c]2c(c1)-c1cc(C(C)(C)C)cc[c]1[Ge]2([c]1cccc(-n2c3ccccc3c3ccc(-c4ccccn4)cc32)c1)[c]1ccccn1. The molecule has 52 heavy (non-hydrogen) atoms. The summed E-state index contributed by atoms with van der Waals surface area (Å²) < 4.78 is 7.98. The summed E-state index contributed by atoms with van der Waals surface area (Å²) in [6.07, 6.45) is 3.86. The first kappa shape index (κ1) is 32.6. The van der Waals surface area contributed by atoms with Crippen molar-refractivity contribution in [2.75, 3.05) is 0 Å². The van der Waals surface area contributed by atoms with Crippen LogP contribution in [0, 0.1) is 0 Å². The van der Waals surface area contributed by atoms with Gasteiger partial charge in [-0.15, -0.1) is 0 Å². The standard InChI is InChI=1S/C48H43GeN3/c1-47(2,3)33-21-24-41-39(29-33)40-30-34(48(4,5)6)22-25-42(40)49(41,46-19-10-12-27-51-46)35-14-13-15-36(31-35)52-44-18-8-7-16-37(44)38-23-20-32(28-45(38)52)43-17-9-11-26-50-43/h7-31H,1-6H3. The molecule has 0 bridgehead atoms. The molecule has 254 valence electrons. The Morgan fingerprint density at radius 2 is 1.13 bits per heavy atom. The minimum absolute atomic E-state index is 0.0324. The van der Waals surface area contributed by atoms with Crippen molar-refractivity contribution in [3.63, 3.8) is 0 Å². The van der Waals surface area contributed by atoms with E-state index >= 15 is 0 Å². The fourth-order valence-electron chi connectivity index (χ4n) is 8.41. The summed E-state index contributed by atoms with van der Waals surface area (Å²) >= 11 is -3.65. The van der Waals surface area contributed by atoms with Gasteiger partial charge in [-0.3, -0.25) is 0 Å². The van der Waals surface area contributed by atoms with Crippen LogP contribution < -0.4 is 17.7 Å². The summed E-state index contributed by atoms with van der Waals surface area (Å²) in [5.41, 5.74) is 11.2. The number of nitrogens with zero attached hydrogens (tertiary/aromatic N) is 3. The molecule has 0 saturated carbocycles. The van der Waals surface area contributed by atoms with Crippen LogP contribution in [0.4, 0.5) is 0 Å². The number of hydrogen-bond acceptors (Lipinski definition) is 2. The Balaban J connectivity index is 1.35. The summed E-state index contributed by atoms with van der Waals surface area (Å²) in [6.45, 7) is 13.9. The topological polar surface area (TPSA) is 30.7 Å². The van der Waals surface area contributed by atoms with Gasteiger partial charge in [0, 0.05) is 0 Å². The van der Waals surface area contributed by atoms with Crippen molar-refractivity contribution in [1.82, 2.24) is 14.5 Å². The first-order valence-electron chi connectivity index (χ1n) is 18.3. The van der Waals surface area contributed by atoms with Gasteiger partial charge < -0.3 is 0 Å². The number of hydrogen-bond donors (Lipinski definition) is 0. The fraction of sp³-hybridized carbons (Fsp3) is 0.167. The maximum atomic E-state index is 5.26. The van der Waals surface area contributed by atoms with Crippen molar-refractivity contribution in [3.05, 3.63) is 163 Å². The number of benzene rings is 5. The van der Waals surface area contributed by atoms with Crippen molar-refractivity contribution in [1.29, 1.82) is 0 Å². The van der Waals surface area contributed by atoms with E-state index in [0.29, 0.717) is 0 Å². The number of fused-ring (bicyclic) bond motifs is 6. The number of pyridine rings is 2. The van der Waals surface area contributed by atoms with Gasteiger partial charge in [-0.2, -0.15) is 0 Å². The summed E-state index contributed by atoms with van der Waals surface area (Å²) in [7, 11) is 0. The normalized spacial score (nSPS) is 13.7. The number of aromatic nitrogens is 3. The molecule has 4 heterocycles. The molecule has 0 spiro atoms. The van der Waals surface area contributed by atoms with Gasteiger partial charge in [-0.05, 0) is 0 Å². The molecule has 1 aliphatic heterocycles. The van der Waals surface area contributed by atoms with E-state index in [1.54, 1.807) is 0 Å².